The summed E-state index contributed by atoms with van der Waals surface area (Å²) in [5, 5.41) is 7.15. The van der Waals surface area contributed by atoms with Gasteiger partial charge in [-0.2, -0.15) is 4.98 Å². The van der Waals surface area contributed by atoms with Crippen LogP contribution in [-0.2, 0) is 0 Å². The third-order valence-electron chi connectivity index (χ3n) is 3.06. The molecule has 4 heteroatoms. The molecule has 0 unspecified atom stereocenters. The average Bonchev–Trinajstić information content (AvgIpc) is 2.76. The Morgan fingerprint density at radius 1 is 1.31 bits per heavy atom. The highest BCUT2D eigenvalue weighted by Gasteiger charge is 2.21. The molecule has 1 aromatic rings. The summed E-state index contributed by atoms with van der Waals surface area (Å²) < 4.78 is 5.31. The molecule has 0 aromatic carbocycles. The van der Waals surface area contributed by atoms with Crippen LogP contribution in [0.5, 0.6) is 0 Å². The quantitative estimate of drug-likeness (QED) is 0.851. The van der Waals surface area contributed by atoms with E-state index in [0.29, 0.717) is 17.8 Å². The molecule has 1 fully saturated rings. The maximum Gasteiger partial charge on any atom is 0.263 e. The van der Waals surface area contributed by atoms with Gasteiger partial charge in [-0.3, -0.25) is 0 Å². The largest absolute Gasteiger partial charge is 0.351 e. The third kappa shape index (κ3) is 2.97. The van der Waals surface area contributed by atoms with E-state index in [9.17, 15) is 0 Å². The van der Waals surface area contributed by atoms with Crippen LogP contribution in [0.15, 0.2) is 4.52 Å². The van der Waals surface area contributed by atoms with E-state index in [-0.39, 0.29) is 0 Å². The SMILES string of the molecule is CC(C)CNc1noc(C2CCCCC2)n1. The van der Waals surface area contributed by atoms with Crippen LogP contribution in [-0.4, -0.2) is 16.7 Å². The van der Waals surface area contributed by atoms with Crippen molar-refractivity contribution in [1.82, 2.24) is 10.1 Å². The first-order valence-corrected chi connectivity index (χ1v) is 6.33. The van der Waals surface area contributed by atoms with E-state index in [2.05, 4.69) is 29.3 Å². The molecule has 0 saturated heterocycles. The molecule has 1 heterocycles. The summed E-state index contributed by atoms with van der Waals surface area (Å²) in [5.41, 5.74) is 0. The van der Waals surface area contributed by atoms with Crippen molar-refractivity contribution in [3.05, 3.63) is 5.89 Å². The van der Waals surface area contributed by atoms with Crippen molar-refractivity contribution in [3.63, 3.8) is 0 Å². The normalized spacial score (nSPS) is 17.9. The molecule has 0 amide bonds. The van der Waals surface area contributed by atoms with E-state index in [1.54, 1.807) is 0 Å². The van der Waals surface area contributed by atoms with Crippen LogP contribution in [0.25, 0.3) is 0 Å². The minimum Gasteiger partial charge on any atom is -0.351 e. The summed E-state index contributed by atoms with van der Waals surface area (Å²) in [6.07, 6.45) is 6.34. The van der Waals surface area contributed by atoms with Crippen LogP contribution in [0, 0.1) is 5.92 Å². The lowest BCUT2D eigenvalue weighted by Crippen LogP contribution is -2.09. The van der Waals surface area contributed by atoms with Gasteiger partial charge in [-0.15, -0.1) is 0 Å². The number of rotatable bonds is 4. The Morgan fingerprint density at radius 3 is 2.75 bits per heavy atom. The lowest BCUT2D eigenvalue weighted by Gasteiger charge is -2.17. The fraction of sp³-hybridized carbons (Fsp3) is 0.833. The van der Waals surface area contributed by atoms with Crippen molar-refractivity contribution in [2.45, 2.75) is 51.9 Å². The Bertz CT molecular complexity index is 316. The van der Waals surface area contributed by atoms with Crippen molar-refractivity contribution < 1.29 is 4.52 Å². The van der Waals surface area contributed by atoms with Gasteiger partial charge in [0.2, 0.25) is 5.89 Å². The number of nitrogens with zero attached hydrogens (tertiary/aromatic N) is 2. The number of hydrogen-bond donors (Lipinski definition) is 1. The Balaban J connectivity index is 1.90. The van der Waals surface area contributed by atoms with Crippen molar-refractivity contribution in [3.8, 4) is 0 Å². The minimum atomic E-state index is 0.496. The molecular formula is C12H21N3O. The Hall–Kier alpha value is -1.06. The number of nitrogens with one attached hydrogen (secondary N) is 1. The maximum absolute atomic E-state index is 5.31. The molecule has 2 rings (SSSR count). The van der Waals surface area contributed by atoms with Gasteiger partial charge >= 0.3 is 0 Å². The fourth-order valence-corrected chi connectivity index (χ4v) is 2.12. The minimum absolute atomic E-state index is 0.496. The lowest BCUT2D eigenvalue weighted by molar-refractivity contribution is 0.314. The van der Waals surface area contributed by atoms with Crippen molar-refractivity contribution in [1.29, 1.82) is 0 Å². The molecule has 90 valence electrons. The zero-order valence-corrected chi connectivity index (χ0v) is 10.2. The molecular weight excluding hydrogens is 202 g/mol. The predicted octanol–water partition coefficient (Wildman–Crippen LogP) is 3.19. The van der Waals surface area contributed by atoms with Crippen LogP contribution in [0.1, 0.15) is 57.8 Å². The van der Waals surface area contributed by atoms with Crippen molar-refractivity contribution in [2.75, 3.05) is 11.9 Å². The standard InChI is InChI=1S/C12H21N3O/c1-9(2)8-13-12-14-11(16-15-12)10-6-4-3-5-7-10/h9-10H,3-8H2,1-2H3,(H,13,15). The molecule has 0 aliphatic heterocycles. The molecule has 0 radical (unpaired) electrons. The summed E-state index contributed by atoms with van der Waals surface area (Å²) in [5.74, 6) is 2.56. The van der Waals surface area contributed by atoms with Crippen LogP contribution in [0.2, 0.25) is 0 Å². The molecule has 1 aliphatic carbocycles. The first-order chi connectivity index (χ1) is 7.75. The lowest BCUT2D eigenvalue weighted by atomic mass is 9.89. The van der Waals surface area contributed by atoms with Gasteiger partial charge < -0.3 is 9.84 Å². The summed E-state index contributed by atoms with van der Waals surface area (Å²) in [4.78, 5) is 4.42. The molecule has 4 nitrogen and oxygen atoms in total. The van der Waals surface area contributed by atoms with Gasteiger partial charge in [0.05, 0.1) is 0 Å². The molecule has 0 spiro atoms. The zero-order valence-electron chi connectivity index (χ0n) is 10.2. The van der Waals surface area contributed by atoms with Gasteiger partial charge in [0, 0.05) is 12.5 Å². The molecule has 16 heavy (non-hydrogen) atoms. The molecule has 0 bridgehead atoms. The van der Waals surface area contributed by atoms with Crippen molar-refractivity contribution in [2.24, 2.45) is 5.92 Å². The highest BCUT2D eigenvalue weighted by molar-refractivity contribution is 5.21. The highest BCUT2D eigenvalue weighted by atomic mass is 16.5. The van der Waals surface area contributed by atoms with E-state index in [1.165, 1.54) is 32.1 Å². The van der Waals surface area contributed by atoms with E-state index in [4.69, 9.17) is 4.52 Å². The predicted molar refractivity (Wildman–Crippen MR) is 63.5 cm³/mol. The monoisotopic (exact) mass is 223 g/mol. The third-order valence-corrected chi connectivity index (χ3v) is 3.06. The summed E-state index contributed by atoms with van der Waals surface area (Å²) in [6.45, 7) is 5.22. The smallest absolute Gasteiger partial charge is 0.263 e. The maximum atomic E-state index is 5.31. The average molecular weight is 223 g/mol. The van der Waals surface area contributed by atoms with Gasteiger partial charge in [-0.1, -0.05) is 33.1 Å². The van der Waals surface area contributed by atoms with Crippen LogP contribution in [0.3, 0.4) is 0 Å². The Labute approximate surface area is 96.8 Å². The van der Waals surface area contributed by atoms with E-state index in [1.807, 2.05) is 0 Å². The highest BCUT2D eigenvalue weighted by Crippen LogP contribution is 2.31. The molecule has 1 aliphatic rings. The van der Waals surface area contributed by atoms with Gasteiger partial charge in [-0.05, 0) is 23.9 Å². The van der Waals surface area contributed by atoms with Gasteiger partial charge in [-0.25, -0.2) is 0 Å². The fourth-order valence-electron chi connectivity index (χ4n) is 2.12. The molecule has 1 N–H and O–H groups in total. The van der Waals surface area contributed by atoms with Crippen LogP contribution in [0.4, 0.5) is 5.95 Å². The van der Waals surface area contributed by atoms with E-state index < -0.39 is 0 Å². The van der Waals surface area contributed by atoms with Crippen LogP contribution >= 0.6 is 0 Å². The molecule has 0 atom stereocenters. The molecule has 1 aromatic heterocycles. The zero-order chi connectivity index (χ0) is 11.4. The van der Waals surface area contributed by atoms with E-state index in [0.717, 1.165) is 12.4 Å². The van der Waals surface area contributed by atoms with Gasteiger partial charge in [0.25, 0.3) is 5.95 Å². The first-order valence-electron chi connectivity index (χ1n) is 6.33. The van der Waals surface area contributed by atoms with Crippen molar-refractivity contribution >= 4 is 5.95 Å². The topological polar surface area (TPSA) is 51.0 Å². The summed E-state index contributed by atoms with van der Waals surface area (Å²) in [6, 6.07) is 0. The second kappa shape index (κ2) is 5.32. The summed E-state index contributed by atoms with van der Waals surface area (Å²) in [7, 11) is 0. The van der Waals surface area contributed by atoms with Gasteiger partial charge in [0.1, 0.15) is 0 Å². The number of aromatic nitrogens is 2. The summed E-state index contributed by atoms with van der Waals surface area (Å²) >= 11 is 0. The number of hydrogen-bond acceptors (Lipinski definition) is 4. The van der Waals surface area contributed by atoms with Crippen LogP contribution < -0.4 is 5.32 Å². The van der Waals surface area contributed by atoms with E-state index >= 15 is 0 Å². The number of anilines is 1. The Kier molecular flexibility index (Phi) is 3.80. The first kappa shape index (κ1) is 11.4. The second-order valence-electron chi connectivity index (χ2n) is 5.07. The Morgan fingerprint density at radius 2 is 2.06 bits per heavy atom. The van der Waals surface area contributed by atoms with Gasteiger partial charge in [0.15, 0.2) is 0 Å². The second-order valence-corrected chi connectivity index (χ2v) is 5.07. The molecule has 1 saturated carbocycles.